The summed E-state index contributed by atoms with van der Waals surface area (Å²) in [4.78, 5) is 33.0. The third kappa shape index (κ3) is 4.29. The van der Waals surface area contributed by atoms with Gasteiger partial charge in [-0.1, -0.05) is 68.3 Å². The molecule has 2 N–H and O–H groups in total. The maximum absolute atomic E-state index is 13.0. The van der Waals surface area contributed by atoms with Crippen molar-refractivity contribution in [3.05, 3.63) is 139 Å². The normalized spacial score (nSPS) is 11.9. The molecule has 6 aromatic carbocycles. The molecule has 10 rings (SSSR count). The van der Waals surface area contributed by atoms with E-state index in [-0.39, 0.29) is 10.9 Å². The van der Waals surface area contributed by atoms with Crippen molar-refractivity contribution < 1.29 is 0 Å². The molecule has 10 aromatic rings. The van der Waals surface area contributed by atoms with Crippen LogP contribution < -0.4 is 10.9 Å². The minimum absolute atomic E-state index is 0.0755. The van der Waals surface area contributed by atoms with Crippen LogP contribution in [0.3, 0.4) is 0 Å². The summed E-state index contributed by atoms with van der Waals surface area (Å²) >= 11 is 6.94. The number of aromatic nitrogens is 4. The molecule has 0 fully saturated rings. The lowest BCUT2D eigenvalue weighted by atomic mass is 10.1. The number of halogens is 2. The molecule has 0 bridgehead atoms. The molecule has 0 atom stereocenters. The second-order valence-corrected chi connectivity index (χ2v) is 14.1. The molecular weight excluding hydrogens is 728 g/mol. The van der Waals surface area contributed by atoms with Crippen LogP contribution in [0.1, 0.15) is 0 Å². The molecule has 48 heavy (non-hydrogen) atoms. The average Bonchev–Trinajstić information content (AvgIpc) is 3.66. The van der Waals surface area contributed by atoms with Crippen LogP contribution in [0.5, 0.6) is 0 Å². The smallest absolute Gasteiger partial charge is 0.197 e. The molecule has 8 heteroatoms. The summed E-state index contributed by atoms with van der Waals surface area (Å²) in [5.41, 5.74) is 8.18. The van der Waals surface area contributed by atoms with Gasteiger partial charge in [0.25, 0.3) is 0 Å². The standard InChI is InChI=1S/2C20H13BrN2O/c2*1-23-18-7-6-11(21)8-14(18)20(24)15-9-13-12-4-2-3-5-16(12)22-17(13)10-19(15)23/h2*2-10,22H,1H3. The van der Waals surface area contributed by atoms with Gasteiger partial charge >= 0.3 is 0 Å². The summed E-state index contributed by atoms with van der Waals surface area (Å²) in [6.45, 7) is 0. The molecule has 0 spiro atoms. The fraction of sp³-hybridized carbons (Fsp3) is 0.0500. The van der Waals surface area contributed by atoms with Gasteiger partial charge in [0, 0.05) is 88.2 Å². The Balaban J connectivity index is 0.000000131. The third-order valence-electron chi connectivity index (χ3n) is 9.59. The van der Waals surface area contributed by atoms with Crippen LogP contribution in [0.25, 0.3) is 87.2 Å². The first-order chi connectivity index (χ1) is 23.3. The average molecular weight is 754 g/mol. The SMILES string of the molecule is Cn1c2ccc(Br)cc2c(=O)c2cc3c(cc21)[nH]c1ccccc13.Cn1c2ccc(Br)cc2c(=O)c2cc3c(cc21)[nH]c1ccccc13. The molecule has 0 aliphatic heterocycles. The Morgan fingerprint density at radius 2 is 0.812 bits per heavy atom. The monoisotopic (exact) mass is 752 g/mol. The Labute approximate surface area is 289 Å². The zero-order valence-electron chi connectivity index (χ0n) is 25.9. The first kappa shape index (κ1) is 29.0. The van der Waals surface area contributed by atoms with E-state index in [1.807, 2.05) is 86.9 Å². The fourth-order valence-electron chi connectivity index (χ4n) is 7.21. The molecule has 0 radical (unpaired) electrons. The maximum Gasteiger partial charge on any atom is 0.197 e. The lowest BCUT2D eigenvalue weighted by Gasteiger charge is -2.11. The number of hydrogen-bond acceptors (Lipinski definition) is 2. The molecule has 6 nitrogen and oxygen atoms in total. The minimum atomic E-state index is 0.0755. The van der Waals surface area contributed by atoms with E-state index in [0.717, 1.165) is 96.2 Å². The Bertz CT molecular complexity index is 2900. The fourth-order valence-corrected chi connectivity index (χ4v) is 7.93. The Hall–Kier alpha value is -5.18. The van der Waals surface area contributed by atoms with Gasteiger partial charge in [-0.2, -0.15) is 0 Å². The lowest BCUT2D eigenvalue weighted by molar-refractivity contribution is 1.00. The largest absolute Gasteiger partial charge is 0.354 e. The first-order valence-electron chi connectivity index (χ1n) is 15.5. The highest BCUT2D eigenvalue weighted by Crippen LogP contribution is 2.32. The number of benzene rings is 6. The van der Waals surface area contributed by atoms with Crippen molar-refractivity contribution in [1.82, 2.24) is 19.1 Å². The summed E-state index contributed by atoms with van der Waals surface area (Å²) in [5, 5.41) is 7.43. The number of aromatic amines is 2. The Morgan fingerprint density at radius 1 is 0.417 bits per heavy atom. The molecule has 0 aliphatic carbocycles. The van der Waals surface area contributed by atoms with Crippen molar-refractivity contribution in [1.29, 1.82) is 0 Å². The number of pyridine rings is 2. The van der Waals surface area contributed by atoms with Gasteiger partial charge in [-0.3, -0.25) is 9.59 Å². The molecule has 4 heterocycles. The van der Waals surface area contributed by atoms with Crippen LogP contribution >= 0.6 is 31.9 Å². The zero-order chi connectivity index (χ0) is 32.8. The van der Waals surface area contributed by atoms with Gasteiger partial charge in [0.05, 0.1) is 22.1 Å². The van der Waals surface area contributed by atoms with E-state index >= 15 is 0 Å². The van der Waals surface area contributed by atoms with E-state index in [1.165, 1.54) is 0 Å². The van der Waals surface area contributed by atoms with Crippen molar-refractivity contribution in [2.24, 2.45) is 14.1 Å². The predicted octanol–water partition coefficient (Wildman–Crippen LogP) is 10.2. The topological polar surface area (TPSA) is 75.6 Å². The van der Waals surface area contributed by atoms with Crippen LogP contribution in [0.2, 0.25) is 0 Å². The predicted molar refractivity (Wildman–Crippen MR) is 208 cm³/mol. The molecule has 232 valence electrons. The zero-order valence-corrected chi connectivity index (χ0v) is 29.0. The number of aryl methyl sites for hydroxylation is 2. The summed E-state index contributed by atoms with van der Waals surface area (Å²) < 4.78 is 6.01. The molecular formula is C40H26Br2N4O2. The second-order valence-electron chi connectivity index (χ2n) is 12.3. The molecule has 0 amide bonds. The number of para-hydroxylation sites is 2. The highest BCUT2D eigenvalue weighted by molar-refractivity contribution is 9.10. The number of fused-ring (bicyclic) bond motifs is 10. The molecule has 0 aliphatic rings. The summed E-state index contributed by atoms with van der Waals surface area (Å²) in [7, 11) is 4.01. The van der Waals surface area contributed by atoms with Crippen LogP contribution in [-0.2, 0) is 14.1 Å². The van der Waals surface area contributed by atoms with Crippen molar-refractivity contribution in [3.63, 3.8) is 0 Å². The number of rotatable bonds is 0. The summed E-state index contributed by atoms with van der Waals surface area (Å²) in [6.07, 6.45) is 0. The van der Waals surface area contributed by atoms with Crippen LogP contribution in [0, 0.1) is 0 Å². The number of nitrogens with zero attached hydrogens (tertiary/aromatic N) is 2. The van der Waals surface area contributed by atoms with E-state index < -0.39 is 0 Å². The number of nitrogens with one attached hydrogen (secondary N) is 2. The minimum Gasteiger partial charge on any atom is -0.354 e. The Kier molecular flexibility index (Phi) is 6.44. The van der Waals surface area contributed by atoms with Crippen LogP contribution in [0.4, 0.5) is 0 Å². The van der Waals surface area contributed by atoms with Gasteiger partial charge in [-0.15, -0.1) is 0 Å². The lowest BCUT2D eigenvalue weighted by Crippen LogP contribution is -2.09. The number of H-pyrrole nitrogens is 2. The molecule has 4 aromatic heterocycles. The third-order valence-corrected chi connectivity index (χ3v) is 10.6. The summed E-state index contributed by atoms with van der Waals surface area (Å²) in [5.74, 6) is 0. The van der Waals surface area contributed by atoms with E-state index in [4.69, 9.17) is 0 Å². The van der Waals surface area contributed by atoms with Crippen molar-refractivity contribution in [3.8, 4) is 0 Å². The Morgan fingerprint density at radius 3 is 1.25 bits per heavy atom. The van der Waals surface area contributed by atoms with E-state index in [0.29, 0.717) is 0 Å². The van der Waals surface area contributed by atoms with Crippen molar-refractivity contribution in [2.45, 2.75) is 0 Å². The van der Waals surface area contributed by atoms with Gasteiger partial charge in [0.2, 0.25) is 0 Å². The second kappa shape index (κ2) is 10.7. The number of hydrogen-bond donors (Lipinski definition) is 2. The van der Waals surface area contributed by atoms with E-state index in [9.17, 15) is 9.59 Å². The van der Waals surface area contributed by atoms with Gasteiger partial charge in [0.1, 0.15) is 0 Å². The quantitative estimate of drug-likeness (QED) is 0.151. The van der Waals surface area contributed by atoms with Gasteiger partial charge in [-0.05, 0) is 72.8 Å². The van der Waals surface area contributed by atoms with Crippen LogP contribution in [-0.4, -0.2) is 19.1 Å². The maximum atomic E-state index is 13.0. The first-order valence-corrected chi connectivity index (χ1v) is 17.1. The van der Waals surface area contributed by atoms with E-state index in [1.54, 1.807) is 0 Å². The van der Waals surface area contributed by atoms with Crippen LogP contribution in [0.15, 0.2) is 128 Å². The highest BCUT2D eigenvalue weighted by atomic mass is 79.9. The van der Waals surface area contributed by atoms with Gasteiger partial charge < -0.3 is 19.1 Å². The molecule has 0 unspecified atom stereocenters. The molecule has 0 saturated carbocycles. The van der Waals surface area contributed by atoms with Crippen molar-refractivity contribution >= 4 is 119 Å². The van der Waals surface area contributed by atoms with Crippen molar-refractivity contribution in [2.75, 3.05) is 0 Å². The van der Waals surface area contributed by atoms with E-state index in [2.05, 4.69) is 87.4 Å². The highest BCUT2D eigenvalue weighted by Gasteiger charge is 2.14. The van der Waals surface area contributed by atoms with Gasteiger partial charge in [-0.25, -0.2) is 0 Å². The molecule has 0 saturated heterocycles. The summed E-state index contributed by atoms with van der Waals surface area (Å²) in [6, 6.07) is 36.3. The van der Waals surface area contributed by atoms with Gasteiger partial charge in [0.15, 0.2) is 10.9 Å².